The fraction of sp³-hybridized carbons (Fsp3) is 0.188. The van der Waals surface area contributed by atoms with Crippen molar-refractivity contribution in [2.45, 2.75) is 12.2 Å². The minimum Gasteiger partial charge on any atom is -0.369 e. The Morgan fingerprint density at radius 3 is 2.37 bits per heavy atom. The van der Waals surface area contributed by atoms with Gasteiger partial charge in [-0.2, -0.15) is 0 Å². The van der Waals surface area contributed by atoms with Gasteiger partial charge in [0.2, 0.25) is 5.91 Å². The van der Waals surface area contributed by atoms with Crippen molar-refractivity contribution in [3.8, 4) is 0 Å². The van der Waals surface area contributed by atoms with Crippen LogP contribution in [0, 0.1) is 6.92 Å². The van der Waals surface area contributed by atoms with Crippen LogP contribution >= 0.6 is 11.8 Å². The SMILES string of the molecule is Cc1ccccc1C(SCC(N)=O)c1ccccc1. The van der Waals surface area contributed by atoms with Gasteiger partial charge in [0.25, 0.3) is 0 Å². The van der Waals surface area contributed by atoms with E-state index in [-0.39, 0.29) is 11.2 Å². The van der Waals surface area contributed by atoms with Gasteiger partial charge < -0.3 is 5.73 Å². The highest BCUT2D eigenvalue weighted by molar-refractivity contribution is 8.00. The lowest BCUT2D eigenvalue weighted by Gasteiger charge is -2.19. The van der Waals surface area contributed by atoms with E-state index in [0.29, 0.717) is 5.75 Å². The Balaban J connectivity index is 2.35. The highest BCUT2D eigenvalue weighted by atomic mass is 32.2. The predicted molar refractivity (Wildman–Crippen MR) is 81.1 cm³/mol. The smallest absolute Gasteiger partial charge is 0.227 e. The number of nitrogens with two attached hydrogens (primary N) is 1. The second-order valence-electron chi connectivity index (χ2n) is 4.42. The van der Waals surface area contributed by atoms with Gasteiger partial charge in [0.15, 0.2) is 0 Å². The van der Waals surface area contributed by atoms with Gasteiger partial charge in [0, 0.05) is 0 Å². The normalized spacial score (nSPS) is 12.1. The van der Waals surface area contributed by atoms with Crippen LogP contribution in [0.4, 0.5) is 0 Å². The van der Waals surface area contributed by atoms with Crippen molar-refractivity contribution < 1.29 is 4.79 Å². The van der Waals surface area contributed by atoms with E-state index < -0.39 is 0 Å². The molecule has 0 saturated carbocycles. The molecule has 2 aromatic rings. The summed E-state index contributed by atoms with van der Waals surface area (Å²) >= 11 is 1.58. The molecule has 2 nitrogen and oxygen atoms in total. The first-order valence-electron chi connectivity index (χ1n) is 6.19. The third-order valence-electron chi connectivity index (χ3n) is 2.97. The topological polar surface area (TPSA) is 43.1 Å². The van der Waals surface area contributed by atoms with E-state index in [0.717, 1.165) is 0 Å². The van der Waals surface area contributed by atoms with Crippen LogP contribution in [0.15, 0.2) is 54.6 Å². The van der Waals surface area contributed by atoms with Crippen molar-refractivity contribution in [1.29, 1.82) is 0 Å². The number of primary amides is 1. The average molecular weight is 271 g/mol. The lowest BCUT2D eigenvalue weighted by atomic mass is 10.0. The van der Waals surface area contributed by atoms with Gasteiger partial charge >= 0.3 is 0 Å². The third kappa shape index (κ3) is 3.61. The van der Waals surface area contributed by atoms with Gasteiger partial charge in [-0.15, -0.1) is 11.8 Å². The minimum absolute atomic E-state index is 0.148. The van der Waals surface area contributed by atoms with E-state index in [1.54, 1.807) is 11.8 Å². The number of carbonyl (C=O) groups excluding carboxylic acids is 1. The van der Waals surface area contributed by atoms with Gasteiger partial charge in [-0.05, 0) is 23.6 Å². The molecule has 0 spiro atoms. The zero-order chi connectivity index (χ0) is 13.7. The Bertz CT molecular complexity index is 554. The zero-order valence-electron chi connectivity index (χ0n) is 10.9. The molecule has 0 bridgehead atoms. The maximum Gasteiger partial charge on any atom is 0.227 e. The van der Waals surface area contributed by atoms with Gasteiger partial charge in [0.1, 0.15) is 0 Å². The average Bonchev–Trinajstić information content (AvgIpc) is 2.42. The summed E-state index contributed by atoms with van der Waals surface area (Å²) in [7, 11) is 0. The Kier molecular flexibility index (Phi) is 4.63. The van der Waals surface area contributed by atoms with Crippen LogP contribution in [0.5, 0.6) is 0 Å². The van der Waals surface area contributed by atoms with Crippen LogP contribution in [-0.2, 0) is 4.79 Å². The van der Waals surface area contributed by atoms with Crippen LogP contribution in [0.2, 0.25) is 0 Å². The molecule has 19 heavy (non-hydrogen) atoms. The summed E-state index contributed by atoms with van der Waals surface area (Å²) in [4.78, 5) is 11.1. The van der Waals surface area contributed by atoms with E-state index in [1.165, 1.54) is 16.7 Å². The molecule has 1 unspecified atom stereocenters. The van der Waals surface area contributed by atoms with Gasteiger partial charge in [0.05, 0.1) is 11.0 Å². The molecule has 2 aromatic carbocycles. The van der Waals surface area contributed by atoms with Gasteiger partial charge in [-0.25, -0.2) is 0 Å². The summed E-state index contributed by atoms with van der Waals surface area (Å²) in [6, 6.07) is 18.5. The number of hydrogen-bond acceptors (Lipinski definition) is 2. The molecule has 0 aliphatic rings. The summed E-state index contributed by atoms with van der Waals surface area (Å²) < 4.78 is 0. The molecular formula is C16H17NOS. The summed E-state index contributed by atoms with van der Waals surface area (Å²) in [5.74, 6) is 0.0491. The maximum absolute atomic E-state index is 11.1. The van der Waals surface area contributed by atoms with Crippen molar-refractivity contribution in [2.75, 3.05) is 5.75 Å². The molecule has 2 rings (SSSR count). The van der Waals surface area contributed by atoms with Gasteiger partial charge in [-0.1, -0.05) is 54.6 Å². The Labute approximate surface area is 118 Å². The second-order valence-corrected chi connectivity index (χ2v) is 5.52. The van der Waals surface area contributed by atoms with Crippen molar-refractivity contribution >= 4 is 17.7 Å². The molecule has 0 aliphatic carbocycles. The Morgan fingerprint density at radius 1 is 1.11 bits per heavy atom. The number of carbonyl (C=O) groups is 1. The quantitative estimate of drug-likeness (QED) is 0.906. The van der Waals surface area contributed by atoms with Crippen LogP contribution < -0.4 is 5.73 Å². The first-order valence-corrected chi connectivity index (χ1v) is 7.23. The standard InChI is InChI=1S/C16H17NOS/c1-12-7-5-6-10-14(12)16(19-11-15(17)18)13-8-3-2-4-9-13/h2-10,16H,11H2,1H3,(H2,17,18). The highest BCUT2D eigenvalue weighted by Crippen LogP contribution is 2.36. The lowest BCUT2D eigenvalue weighted by molar-refractivity contribution is -0.115. The van der Waals surface area contributed by atoms with Crippen LogP contribution in [0.1, 0.15) is 21.9 Å². The molecule has 3 heteroatoms. The molecule has 0 radical (unpaired) electrons. The first kappa shape index (κ1) is 13.7. The number of thioether (sulfide) groups is 1. The lowest BCUT2D eigenvalue weighted by Crippen LogP contribution is -2.14. The Hall–Kier alpha value is -1.74. The van der Waals surface area contributed by atoms with Crippen LogP contribution in [0.25, 0.3) is 0 Å². The van der Waals surface area contributed by atoms with Gasteiger partial charge in [-0.3, -0.25) is 4.79 Å². The van der Waals surface area contributed by atoms with E-state index in [2.05, 4.69) is 31.2 Å². The fourth-order valence-corrected chi connectivity index (χ4v) is 3.16. The second kappa shape index (κ2) is 6.43. The van der Waals surface area contributed by atoms with E-state index in [1.807, 2.05) is 30.3 Å². The van der Waals surface area contributed by atoms with E-state index in [9.17, 15) is 4.79 Å². The largest absolute Gasteiger partial charge is 0.369 e. The summed E-state index contributed by atoms with van der Waals surface area (Å²) in [6.07, 6.45) is 0. The third-order valence-corrected chi connectivity index (χ3v) is 4.28. The van der Waals surface area contributed by atoms with Crippen molar-refractivity contribution in [1.82, 2.24) is 0 Å². The monoisotopic (exact) mass is 271 g/mol. The molecule has 98 valence electrons. The number of benzene rings is 2. The molecular weight excluding hydrogens is 254 g/mol. The molecule has 0 saturated heterocycles. The maximum atomic E-state index is 11.1. The van der Waals surface area contributed by atoms with Crippen molar-refractivity contribution in [3.63, 3.8) is 0 Å². The molecule has 0 aliphatic heterocycles. The number of amides is 1. The molecule has 0 fully saturated rings. The number of aryl methyl sites for hydroxylation is 1. The van der Waals surface area contributed by atoms with E-state index >= 15 is 0 Å². The molecule has 2 N–H and O–H groups in total. The summed E-state index contributed by atoms with van der Waals surface area (Å²) in [6.45, 7) is 2.09. The molecule has 0 aromatic heterocycles. The zero-order valence-corrected chi connectivity index (χ0v) is 11.7. The number of hydrogen-bond donors (Lipinski definition) is 1. The van der Waals surface area contributed by atoms with Crippen molar-refractivity contribution in [3.05, 3.63) is 71.3 Å². The highest BCUT2D eigenvalue weighted by Gasteiger charge is 2.17. The molecule has 1 amide bonds. The predicted octanol–water partition coefficient (Wildman–Crippen LogP) is 3.30. The van der Waals surface area contributed by atoms with Crippen LogP contribution in [-0.4, -0.2) is 11.7 Å². The number of rotatable bonds is 5. The molecule has 0 heterocycles. The van der Waals surface area contributed by atoms with Crippen molar-refractivity contribution in [2.24, 2.45) is 5.73 Å². The fourth-order valence-electron chi connectivity index (χ4n) is 2.04. The molecule has 1 atom stereocenters. The summed E-state index contributed by atoms with van der Waals surface area (Å²) in [5, 5.41) is 0.148. The first-order chi connectivity index (χ1) is 9.18. The van der Waals surface area contributed by atoms with E-state index in [4.69, 9.17) is 5.73 Å². The Morgan fingerprint density at radius 2 is 1.74 bits per heavy atom. The minimum atomic E-state index is -0.278. The van der Waals surface area contributed by atoms with Crippen LogP contribution in [0.3, 0.4) is 0 Å². The summed E-state index contributed by atoms with van der Waals surface area (Å²) in [5.41, 5.74) is 8.94.